The maximum absolute atomic E-state index is 11.3. The second-order valence-corrected chi connectivity index (χ2v) is 3.92. The van der Waals surface area contributed by atoms with Crippen molar-refractivity contribution in [1.82, 2.24) is 4.98 Å². The van der Waals surface area contributed by atoms with Gasteiger partial charge < -0.3 is 5.73 Å². The third kappa shape index (κ3) is 2.06. The number of carbonyl (C=O) groups excluding carboxylic acids is 1. The average molecular weight is 202 g/mol. The largest absolute Gasteiger partial charge is 0.398 e. The number of nitrogen functional groups attached to an aromatic ring is 1. The minimum absolute atomic E-state index is 0.192. The van der Waals surface area contributed by atoms with E-state index in [0.717, 1.165) is 35.4 Å². The summed E-state index contributed by atoms with van der Waals surface area (Å²) in [6.45, 7) is 1.92. The summed E-state index contributed by atoms with van der Waals surface area (Å²) in [6, 6.07) is 1.85. The Labute approximate surface area is 89.0 Å². The molecule has 1 aliphatic carbocycles. The van der Waals surface area contributed by atoms with Gasteiger partial charge in [0.2, 0.25) is 0 Å². The number of aromatic nitrogens is 1. The van der Waals surface area contributed by atoms with Gasteiger partial charge in [-0.1, -0.05) is 0 Å². The number of anilines is 1. The van der Waals surface area contributed by atoms with Gasteiger partial charge in [0.1, 0.15) is 0 Å². The van der Waals surface area contributed by atoms with Gasteiger partial charge in [-0.05, 0) is 43.0 Å². The number of nitrogens with two attached hydrogens (primary N) is 1. The zero-order valence-corrected chi connectivity index (χ0v) is 8.79. The number of hydrogen-bond acceptors (Lipinski definition) is 3. The summed E-state index contributed by atoms with van der Waals surface area (Å²) in [4.78, 5) is 15.6. The molecular weight excluding hydrogens is 188 g/mol. The van der Waals surface area contributed by atoms with E-state index >= 15 is 0 Å². The topological polar surface area (TPSA) is 56.0 Å². The van der Waals surface area contributed by atoms with Crippen LogP contribution in [0.25, 0.3) is 5.57 Å². The van der Waals surface area contributed by atoms with Crippen molar-refractivity contribution in [2.45, 2.75) is 26.2 Å². The SMILES string of the molecule is Cc1cnc(C2=CC(=O)CCC2)cc1N. The van der Waals surface area contributed by atoms with Gasteiger partial charge in [-0.15, -0.1) is 0 Å². The van der Waals surface area contributed by atoms with Crippen molar-refractivity contribution in [3.63, 3.8) is 0 Å². The molecule has 1 aliphatic rings. The Morgan fingerprint density at radius 3 is 2.87 bits per heavy atom. The van der Waals surface area contributed by atoms with E-state index in [0.29, 0.717) is 6.42 Å². The number of nitrogens with zero attached hydrogens (tertiary/aromatic N) is 1. The van der Waals surface area contributed by atoms with Crippen LogP contribution in [0, 0.1) is 6.92 Å². The Bertz CT molecular complexity index is 435. The van der Waals surface area contributed by atoms with E-state index in [4.69, 9.17) is 5.73 Å². The monoisotopic (exact) mass is 202 g/mol. The number of hydrogen-bond donors (Lipinski definition) is 1. The standard InChI is InChI=1S/C12H14N2O/c1-8-7-14-12(6-11(8)13)9-3-2-4-10(15)5-9/h5-7H,2-4H2,1H3,(H2,13,14). The van der Waals surface area contributed by atoms with Crippen molar-refractivity contribution in [3.8, 4) is 0 Å². The second-order valence-electron chi connectivity index (χ2n) is 3.92. The number of allylic oxidation sites excluding steroid dienone is 2. The van der Waals surface area contributed by atoms with Gasteiger partial charge in [0, 0.05) is 18.3 Å². The van der Waals surface area contributed by atoms with Crippen LogP contribution in [0.15, 0.2) is 18.3 Å². The van der Waals surface area contributed by atoms with Gasteiger partial charge in [-0.2, -0.15) is 0 Å². The lowest BCUT2D eigenvalue weighted by Crippen LogP contribution is -2.04. The Morgan fingerprint density at radius 2 is 2.20 bits per heavy atom. The van der Waals surface area contributed by atoms with Crippen molar-refractivity contribution in [2.75, 3.05) is 5.73 Å². The number of rotatable bonds is 1. The summed E-state index contributed by atoms with van der Waals surface area (Å²) in [5, 5.41) is 0. The molecule has 2 rings (SSSR count). The minimum Gasteiger partial charge on any atom is -0.398 e. The fraction of sp³-hybridized carbons (Fsp3) is 0.333. The molecule has 3 heteroatoms. The van der Waals surface area contributed by atoms with Crippen molar-refractivity contribution in [2.24, 2.45) is 0 Å². The Morgan fingerprint density at radius 1 is 1.40 bits per heavy atom. The van der Waals surface area contributed by atoms with Crippen LogP contribution in [0.1, 0.15) is 30.5 Å². The summed E-state index contributed by atoms with van der Waals surface area (Å²) in [5.41, 5.74) is 9.37. The molecule has 0 aliphatic heterocycles. The Balaban J connectivity index is 2.37. The first-order chi connectivity index (χ1) is 7.16. The lowest BCUT2D eigenvalue weighted by Gasteiger charge is -2.12. The molecule has 3 nitrogen and oxygen atoms in total. The van der Waals surface area contributed by atoms with Crippen LogP contribution in [0.3, 0.4) is 0 Å². The third-order valence-corrected chi connectivity index (χ3v) is 2.68. The summed E-state index contributed by atoms with van der Waals surface area (Å²) < 4.78 is 0. The Hall–Kier alpha value is -1.64. The molecule has 1 heterocycles. The normalized spacial score (nSPS) is 16.3. The maximum Gasteiger partial charge on any atom is 0.156 e. The van der Waals surface area contributed by atoms with E-state index in [9.17, 15) is 4.79 Å². The Kier molecular flexibility index (Phi) is 2.54. The lowest BCUT2D eigenvalue weighted by atomic mass is 9.95. The molecular formula is C12H14N2O. The van der Waals surface area contributed by atoms with Crippen LogP contribution >= 0.6 is 0 Å². The molecule has 0 saturated heterocycles. The molecule has 78 valence electrons. The van der Waals surface area contributed by atoms with Gasteiger partial charge >= 0.3 is 0 Å². The zero-order chi connectivity index (χ0) is 10.8. The van der Waals surface area contributed by atoms with E-state index in [1.807, 2.05) is 13.0 Å². The zero-order valence-electron chi connectivity index (χ0n) is 8.79. The van der Waals surface area contributed by atoms with E-state index < -0.39 is 0 Å². The molecule has 0 unspecified atom stereocenters. The molecule has 0 bridgehead atoms. The van der Waals surface area contributed by atoms with Crippen molar-refractivity contribution >= 4 is 17.0 Å². The number of ketones is 1. The van der Waals surface area contributed by atoms with Crippen LogP contribution in [0.4, 0.5) is 5.69 Å². The first-order valence-electron chi connectivity index (χ1n) is 5.13. The van der Waals surface area contributed by atoms with E-state index in [1.54, 1.807) is 12.3 Å². The molecule has 2 N–H and O–H groups in total. The van der Waals surface area contributed by atoms with E-state index in [1.165, 1.54) is 0 Å². The van der Waals surface area contributed by atoms with E-state index in [-0.39, 0.29) is 5.78 Å². The van der Waals surface area contributed by atoms with Crippen LogP contribution in [0.2, 0.25) is 0 Å². The van der Waals surface area contributed by atoms with Gasteiger partial charge in [0.15, 0.2) is 5.78 Å². The molecule has 0 atom stereocenters. The molecule has 15 heavy (non-hydrogen) atoms. The molecule has 1 aromatic heterocycles. The van der Waals surface area contributed by atoms with Crippen molar-refractivity contribution in [3.05, 3.63) is 29.6 Å². The smallest absolute Gasteiger partial charge is 0.156 e. The molecule has 0 saturated carbocycles. The first-order valence-corrected chi connectivity index (χ1v) is 5.13. The fourth-order valence-corrected chi connectivity index (χ4v) is 1.71. The fourth-order valence-electron chi connectivity index (χ4n) is 1.71. The van der Waals surface area contributed by atoms with Gasteiger partial charge in [0.05, 0.1) is 5.69 Å². The second kappa shape index (κ2) is 3.85. The van der Waals surface area contributed by atoms with Crippen LogP contribution in [-0.2, 0) is 4.79 Å². The van der Waals surface area contributed by atoms with Crippen molar-refractivity contribution in [1.29, 1.82) is 0 Å². The highest BCUT2D eigenvalue weighted by Crippen LogP contribution is 2.25. The predicted octanol–water partition coefficient (Wildman–Crippen LogP) is 2.11. The molecule has 0 spiro atoms. The predicted molar refractivity (Wildman–Crippen MR) is 60.2 cm³/mol. The van der Waals surface area contributed by atoms with Crippen LogP contribution < -0.4 is 5.73 Å². The van der Waals surface area contributed by atoms with Gasteiger partial charge in [0.25, 0.3) is 0 Å². The molecule has 0 amide bonds. The maximum atomic E-state index is 11.3. The highest BCUT2D eigenvalue weighted by molar-refractivity contribution is 5.98. The van der Waals surface area contributed by atoms with E-state index in [2.05, 4.69) is 4.98 Å². The molecule has 0 radical (unpaired) electrons. The van der Waals surface area contributed by atoms with Crippen LogP contribution in [0.5, 0.6) is 0 Å². The van der Waals surface area contributed by atoms with Crippen molar-refractivity contribution < 1.29 is 4.79 Å². The number of aryl methyl sites for hydroxylation is 1. The lowest BCUT2D eigenvalue weighted by molar-refractivity contribution is -0.114. The minimum atomic E-state index is 0.192. The highest BCUT2D eigenvalue weighted by Gasteiger charge is 2.12. The molecule has 0 aromatic carbocycles. The number of pyridine rings is 1. The average Bonchev–Trinajstić information content (AvgIpc) is 2.22. The molecule has 1 aromatic rings. The third-order valence-electron chi connectivity index (χ3n) is 2.68. The summed E-state index contributed by atoms with van der Waals surface area (Å²) in [7, 11) is 0. The van der Waals surface area contributed by atoms with Gasteiger partial charge in [-0.25, -0.2) is 0 Å². The van der Waals surface area contributed by atoms with Gasteiger partial charge in [-0.3, -0.25) is 9.78 Å². The summed E-state index contributed by atoms with van der Waals surface area (Å²) in [5.74, 6) is 0.192. The highest BCUT2D eigenvalue weighted by atomic mass is 16.1. The quantitative estimate of drug-likeness (QED) is 0.758. The summed E-state index contributed by atoms with van der Waals surface area (Å²) in [6.07, 6.45) is 5.94. The molecule has 0 fully saturated rings. The first kappa shape index (κ1) is 9.90. The summed E-state index contributed by atoms with van der Waals surface area (Å²) >= 11 is 0. The van der Waals surface area contributed by atoms with Crippen LogP contribution in [-0.4, -0.2) is 10.8 Å². The number of carbonyl (C=O) groups is 1.